The van der Waals surface area contributed by atoms with Crippen molar-refractivity contribution in [3.05, 3.63) is 106 Å². The summed E-state index contributed by atoms with van der Waals surface area (Å²) in [6.45, 7) is 15.2. The van der Waals surface area contributed by atoms with Crippen LogP contribution in [0.2, 0.25) is 0 Å². The lowest BCUT2D eigenvalue weighted by Crippen LogP contribution is -2.30. The lowest BCUT2D eigenvalue weighted by atomic mass is 10.2. The number of carbonyl (C=O) groups is 2. The molecule has 2 aliphatic rings. The van der Waals surface area contributed by atoms with Crippen molar-refractivity contribution >= 4 is 51.9 Å². The maximum atomic E-state index is 12.9. The molecule has 4 N–H and O–H groups in total. The fraction of sp³-hybridized carbons (Fsp3) is 0.324. The minimum absolute atomic E-state index is 0.00111. The van der Waals surface area contributed by atoms with Crippen LogP contribution in [0.4, 0.5) is 11.4 Å². The molecule has 0 radical (unpaired) electrons. The van der Waals surface area contributed by atoms with Gasteiger partial charge in [-0.25, -0.2) is 0 Å². The van der Waals surface area contributed by atoms with Crippen molar-refractivity contribution in [1.29, 1.82) is 5.41 Å². The Morgan fingerprint density at radius 1 is 1.09 bits per heavy atom. The second-order valence-corrected chi connectivity index (χ2v) is 12.2. The van der Waals surface area contributed by atoms with Crippen molar-refractivity contribution in [3.8, 4) is 0 Å². The van der Waals surface area contributed by atoms with Crippen molar-refractivity contribution in [2.45, 2.75) is 34.6 Å². The van der Waals surface area contributed by atoms with Crippen molar-refractivity contribution < 1.29 is 14.7 Å². The van der Waals surface area contributed by atoms with E-state index in [9.17, 15) is 14.7 Å². The van der Waals surface area contributed by atoms with Gasteiger partial charge < -0.3 is 25.5 Å². The number of nitrogens with zero attached hydrogens (tertiary/aromatic N) is 3. The Balaban J connectivity index is 0.000000433. The van der Waals surface area contributed by atoms with Crippen molar-refractivity contribution in [2.75, 3.05) is 51.4 Å². The van der Waals surface area contributed by atoms with E-state index >= 15 is 0 Å². The van der Waals surface area contributed by atoms with Crippen LogP contribution in [-0.4, -0.2) is 77.6 Å². The van der Waals surface area contributed by atoms with E-state index in [0.717, 1.165) is 45.2 Å². The zero-order valence-electron chi connectivity index (χ0n) is 27.7. The van der Waals surface area contributed by atoms with Crippen LogP contribution in [0, 0.1) is 5.41 Å². The molecule has 0 saturated carbocycles. The monoisotopic (exact) mass is 652 g/mol. The van der Waals surface area contributed by atoms with Gasteiger partial charge in [0.05, 0.1) is 18.1 Å². The third kappa shape index (κ3) is 14.1. The van der Waals surface area contributed by atoms with E-state index in [1.165, 1.54) is 16.7 Å². The fourth-order valence-corrected chi connectivity index (χ4v) is 5.44. The highest BCUT2D eigenvalue weighted by atomic mass is 32.2. The molecular formula is C34H48N6O3S2. The van der Waals surface area contributed by atoms with Crippen molar-refractivity contribution in [1.82, 2.24) is 14.7 Å². The summed E-state index contributed by atoms with van der Waals surface area (Å²) in [6, 6.07) is 7.70. The lowest BCUT2D eigenvalue weighted by molar-refractivity contribution is -0.122. The average molecular weight is 653 g/mol. The van der Waals surface area contributed by atoms with Gasteiger partial charge >= 0.3 is 0 Å². The summed E-state index contributed by atoms with van der Waals surface area (Å²) in [7, 11) is 5.56. The maximum absolute atomic E-state index is 12.9. The van der Waals surface area contributed by atoms with E-state index in [-0.39, 0.29) is 22.7 Å². The Morgan fingerprint density at radius 3 is 2.24 bits per heavy atom. The highest BCUT2D eigenvalue weighted by molar-refractivity contribution is 8.19. The number of aliphatic hydroxyl groups is 1. The molecule has 3 rings (SSSR count). The van der Waals surface area contributed by atoms with Gasteiger partial charge in [0.25, 0.3) is 5.91 Å². The molecule has 2 heterocycles. The Bertz CT molecular complexity index is 1350. The second kappa shape index (κ2) is 20.9. The first-order chi connectivity index (χ1) is 21.4. The van der Waals surface area contributed by atoms with E-state index in [2.05, 4.69) is 17.2 Å². The standard InChI is InChI=1S/C18H21N3O2S2.C12H19N3O.C4H8/c1-5-13(6-2)11-21-16(23)15(25-18(21)19)17-20(4)10-9-14(22)8-7-12(3)24-17;1-4-13-10-5-7-11(8-6-10)14-12(16)9-15(2)3;1-3-4-2/h5-10,19,22H,1,11H2,2-4H3;5-8,13H,4,9H2,1-3H3,(H,14,16);3-4H,1-2H3/b10-9+,12-7+,13-6+,14-8+,17-15-,19-18?;;4-3-. The highest BCUT2D eigenvalue weighted by Crippen LogP contribution is 2.40. The normalized spacial score (nSPS) is 20.0. The third-order valence-corrected chi connectivity index (χ3v) is 8.19. The predicted molar refractivity (Wildman–Crippen MR) is 195 cm³/mol. The van der Waals surface area contributed by atoms with Gasteiger partial charge in [-0.1, -0.05) is 42.6 Å². The summed E-state index contributed by atoms with van der Waals surface area (Å²) in [5, 5.41) is 24.9. The van der Waals surface area contributed by atoms with Gasteiger partial charge in [-0.05, 0) is 113 Å². The number of benzene rings is 1. The zero-order valence-corrected chi connectivity index (χ0v) is 29.3. The molecule has 45 heavy (non-hydrogen) atoms. The fourth-order valence-electron chi connectivity index (χ4n) is 3.49. The lowest BCUT2D eigenvalue weighted by Gasteiger charge is -2.19. The predicted octanol–water partition coefficient (Wildman–Crippen LogP) is 7.54. The van der Waals surface area contributed by atoms with Crippen LogP contribution >= 0.6 is 23.5 Å². The van der Waals surface area contributed by atoms with E-state index in [1.807, 2.05) is 103 Å². The summed E-state index contributed by atoms with van der Waals surface area (Å²) in [5.74, 6) is -0.0501. The van der Waals surface area contributed by atoms with Gasteiger partial charge in [0, 0.05) is 31.2 Å². The number of hydrogen-bond donors (Lipinski definition) is 4. The summed E-state index contributed by atoms with van der Waals surface area (Å²) < 4.78 is 0. The maximum Gasteiger partial charge on any atom is 0.269 e. The molecule has 0 aliphatic carbocycles. The first-order valence-electron chi connectivity index (χ1n) is 14.5. The quantitative estimate of drug-likeness (QED) is 0.130. The number of nitrogens with one attached hydrogen (secondary N) is 3. The Labute approximate surface area is 277 Å². The third-order valence-electron chi connectivity index (χ3n) is 5.93. The van der Waals surface area contributed by atoms with Gasteiger partial charge in [-0.3, -0.25) is 19.9 Å². The summed E-state index contributed by atoms with van der Waals surface area (Å²) in [5.41, 5.74) is 2.78. The number of rotatable bonds is 8. The van der Waals surface area contributed by atoms with Crippen LogP contribution < -0.4 is 10.6 Å². The minimum atomic E-state index is -0.192. The number of anilines is 2. The second-order valence-electron chi connectivity index (χ2n) is 9.96. The topological polar surface area (TPSA) is 112 Å². The van der Waals surface area contributed by atoms with E-state index in [1.54, 1.807) is 35.4 Å². The molecule has 1 saturated heterocycles. The Kier molecular flexibility index (Phi) is 18.2. The van der Waals surface area contributed by atoms with Crippen LogP contribution in [-0.2, 0) is 9.59 Å². The summed E-state index contributed by atoms with van der Waals surface area (Å²) in [4.78, 5) is 30.9. The smallest absolute Gasteiger partial charge is 0.269 e. The molecular weight excluding hydrogens is 605 g/mol. The summed E-state index contributed by atoms with van der Waals surface area (Å²) >= 11 is 2.59. The molecule has 0 spiro atoms. The molecule has 0 aromatic heterocycles. The van der Waals surface area contributed by atoms with Crippen LogP contribution in [0.1, 0.15) is 34.6 Å². The number of amidine groups is 1. The molecule has 0 unspecified atom stereocenters. The average Bonchev–Trinajstić information content (AvgIpc) is 3.31. The van der Waals surface area contributed by atoms with Crippen LogP contribution in [0.25, 0.3) is 0 Å². The van der Waals surface area contributed by atoms with Crippen LogP contribution in [0.3, 0.4) is 0 Å². The van der Waals surface area contributed by atoms with Gasteiger partial charge in [-0.15, -0.1) is 0 Å². The highest BCUT2D eigenvalue weighted by Gasteiger charge is 2.36. The number of allylic oxidation sites excluding steroid dienone is 7. The molecule has 244 valence electrons. The number of carbonyl (C=O) groups excluding carboxylic acids is 2. The number of amides is 2. The zero-order chi connectivity index (χ0) is 33.9. The molecule has 2 aliphatic heterocycles. The molecule has 2 amide bonds. The molecule has 1 fully saturated rings. The van der Waals surface area contributed by atoms with Gasteiger partial charge in [0.1, 0.15) is 10.7 Å². The Morgan fingerprint density at radius 2 is 1.71 bits per heavy atom. The van der Waals surface area contributed by atoms with Gasteiger partial charge in [-0.2, -0.15) is 0 Å². The molecule has 9 nitrogen and oxygen atoms in total. The van der Waals surface area contributed by atoms with E-state index in [4.69, 9.17) is 5.41 Å². The van der Waals surface area contributed by atoms with Gasteiger partial charge in [0.15, 0.2) is 5.17 Å². The summed E-state index contributed by atoms with van der Waals surface area (Å²) in [6.07, 6.45) is 14.3. The van der Waals surface area contributed by atoms with Gasteiger partial charge in [0.2, 0.25) is 5.91 Å². The Hall–Kier alpha value is -3.93. The minimum Gasteiger partial charge on any atom is -0.508 e. The number of hydrogen-bond acceptors (Lipinski definition) is 9. The number of aliphatic hydroxyl groups excluding tert-OH is 1. The van der Waals surface area contributed by atoms with E-state index < -0.39 is 0 Å². The van der Waals surface area contributed by atoms with Crippen molar-refractivity contribution in [3.63, 3.8) is 0 Å². The van der Waals surface area contributed by atoms with Crippen LogP contribution in [0.15, 0.2) is 106 Å². The molecule has 1 aromatic rings. The molecule has 0 bridgehead atoms. The first-order valence-corrected chi connectivity index (χ1v) is 16.2. The molecule has 1 aromatic carbocycles. The van der Waals surface area contributed by atoms with Crippen molar-refractivity contribution in [2.24, 2.45) is 0 Å². The number of likely N-dealkylation sites (N-methyl/N-ethyl adjacent to an activating group) is 1. The SMILES string of the molecule is C/C=C\C.C=C/C(=C\C)CN1C(=N)S/C(=C2\S/C(C)=C/C=C(O)\C=C\N2C)C1=O.CCNc1ccc(NC(=O)CN(C)C)cc1. The largest absolute Gasteiger partial charge is 0.508 e. The number of thioether (sulfide) groups is 2. The van der Waals surface area contributed by atoms with Crippen LogP contribution in [0.5, 0.6) is 0 Å². The van der Waals surface area contributed by atoms with E-state index in [0.29, 0.717) is 18.0 Å². The first kappa shape index (κ1) is 39.1. The molecule has 0 atom stereocenters. The molecule has 11 heteroatoms.